The average Bonchev–Trinajstić information content (AvgIpc) is 3.30. The predicted octanol–water partition coefficient (Wildman–Crippen LogP) is 7.06. The van der Waals surface area contributed by atoms with Crippen molar-refractivity contribution in [3.63, 3.8) is 0 Å². The van der Waals surface area contributed by atoms with Gasteiger partial charge >= 0.3 is 0 Å². The highest BCUT2D eigenvalue weighted by atomic mass is 32.1. The first-order chi connectivity index (χ1) is 15.6. The van der Waals surface area contributed by atoms with Crippen molar-refractivity contribution >= 4 is 50.4 Å². The molecule has 0 amide bonds. The number of benzene rings is 3. The average molecular weight is 433 g/mol. The second-order valence-electron chi connectivity index (χ2n) is 9.02. The molecule has 0 nitrogen and oxygen atoms in total. The Hall–Kier alpha value is -3.08. The molecule has 1 heteroatoms. The lowest BCUT2D eigenvalue weighted by Crippen LogP contribution is -2.22. The standard InChI is InChI=1S/C31H28S/c1-5-11-20(3)16-27-24(17-22-13-8-7-12-21(22)4)18-28-30-25(6-2)26-15-10-9-14-23(26)19-29(30)32-31(27)28/h2,7-10,12-15,17,19-20H,4-5,11,16,18H2,1,3H3/b22-17-. The van der Waals surface area contributed by atoms with Gasteiger partial charge in [-0.25, -0.2) is 0 Å². The molecule has 1 unspecified atom stereocenters. The molecule has 32 heavy (non-hydrogen) atoms. The van der Waals surface area contributed by atoms with Gasteiger partial charge in [0, 0.05) is 20.5 Å². The predicted molar refractivity (Wildman–Crippen MR) is 142 cm³/mol. The van der Waals surface area contributed by atoms with Crippen molar-refractivity contribution in [1.29, 1.82) is 0 Å². The zero-order chi connectivity index (χ0) is 22.2. The summed E-state index contributed by atoms with van der Waals surface area (Å²) in [6.45, 7) is 8.91. The van der Waals surface area contributed by atoms with Crippen LogP contribution in [0.25, 0.3) is 39.1 Å². The van der Waals surface area contributed by atoms with Crippen molar-refractivity contribution in [3.05, 3.63) is 86.6 Å². The van der Waals surface area contributed by atoms with E-state index >= 15 is 0 Å². The molecular formula is C31H28S. The molecule has 1 aliphatic carbocycles. The number of hydrogen-bond acceptors (Lipinski definition) is 1. The molecule has 1 heterocycles. The van der Waals surface area contributed by atoms with Crippen LogP contribution < -0.4 is 10.4 Å². The van der Waals surface area contributed by atoms with Crippen LogP contribution in [0.4, 0.5) is 0 Å². The maximum atomic E-state index is 6.09. The molecule has 0 bridgehead atoms. The third-order valence-corrected chi connectivity index (χ3v) is 7.93. The number of terminal acetylenes is 1. The van der Waals surface area contributed by atoms with Gasteiger partial charge in [-0.1, -0.05) is 93.8 Å². The summed E-state index contributed by atoms with van der Waals surface area (Å²) >= 11 is 1.93. The van der Waals surface area contributed by atoms with Crippen LogP contribution in [0.1, 0.15) is 49.1 Å². The van der Waals surface area contributed by atoms with Crippen LogP contribution >= 0.6 is 11.3 Å². The van der Waals surface area contributed by atoms with Gasteiger partial charge in [0.1, 0.15) is 0 Å². The van der Waals surface area contributed by atoms with Crippen molar-refractivity contribution in [3.8, 4) is 12.3 Å². The van der Waals surface area contributed by atoms with Crippen LogP contribution in [0.3, 0.4) is 0 Å². The van der Waals surface area contributed by atoms with E-state index in [1.807, 2.05) is 11.3 Å². The summed E-state index contributed by atoms with van der Waals surface area (Å²) in [6.07, 6.45) is 13.0. The molecule has 3 aromatic carbocycles. The number of rotatable bonds is 5. The minimum atomic E-state index is 0.663. The third-order valence-electron chi connectivity index (χ3n) is 6.69. The normalized spacial score (nSPS) is 14.8. The van der Waals surface area contributed by atoms with Gasteiger partial charge in [0.15, 0.2) is 0 Å². The molecule has 158 valence electrons. The Labute approximate surface area is 194 Å². The summed E-state index contributed by atoms with van der Waals surface area (Å²) in [5.74, 6) is 3.71. The SMILES string of the molecule is C#Cc1c2ccccc2cc2sc3c(c12)CC(/C=c1/ccccc1=C)=C3CC(C)CCC. The number of allylic oxidation sites excluding steroid dienone is 2. The highest BCUT2D eigenvalue weighted by molar-refractivity contribution is 7.20. The first-order valence-corrected chi connectivity index (χ1v) is 12.3. The van der Waals surface area contributed by atoms with E-state index in [0.29, 0.717) is 5.92 Å². The lowest BCUT2D eigenvalue weighted by atomic mass is 9.94. The number of hydrogen-bond donors (Lipinski definition) is 0. The maximum absolute atomic E-state index is 6.09. The zero-order valence-corrected chi connectivity index (χ0v) is 19.7. The number of fused-ring (bicyclic) bond motifs is 4. The van der Waals surface area contributed by atoms with Gasteiger partial charge in [-0.2, -0.15) is 0 Å². The van der Waals surface area contributed by atoms with E-state index in [-0.39, 0.29) is 0 Å². The fourth-order valence-electron chi connectivity index (χ4n) is 5.16. The Bertz CT molecular complexity index is 1520. The molecule has 0 aliphatic heterocycles. The smallest absolute Gasteiger partial charge is 0.0411 e. The molecule has 0 saturated heterocycles. The van der Waals surface area contributed by atoms with Crippen LogP contribution in [-0.4, -0.2) is 0 Å². The Morgan fingerprint density at radius 3 is 2.72 bits per heavy atom. The van der Waals surface area contributed by atoms with Gasteiger partial charge in [0.25, 0.3) is 0 Å². The highest BCUT2D eigenvalue weighted by Gasteiger charge is 2.27. The summed E-state index contributed by atoms with van der Waals surface area (Å²) in [4.78, 5) is 1.45. The van der Waals surface area contributed by atoms with Crippen LogP contribution in [0.5, 0.6) is 0 Å². The van der Waals surface area contributed by atoms with Gasteiger partial charge < -0.3 is 0 Å². The lowest BCUT2D eigenvalue weighted by molar-refractivity contribution is 0.538. The van der Waals surface area contributed by atoms with Crippen LogP contribution in [0.2, 0.25) is 0 Å². The van der Waals surface area contributed by atoms with Gasteiger partial charge in [0.05, 0.1) is 0 Å². The molecule has 0 spiro atoms. The van der Waals surface area contributed by atoms with Crippen molar-refractivity contribution in [2.75, 3.05) is 0 Å². The Balaban J connectivity index is 1.75. The molecule has 0 fully saturated rings. The van der Waals surface area contributed by atoms with Gasteiger partial charge in [-0.05, 0) is 62.7 Å². The van der Waals surface area contributed by atoms with Crippen molar-refractivity contribution in [2.24, 2.45) is 5.92 Å². The van der Waals surface area contributed by atoms with Crippen molar-refractivity contribution in [2.45, 2.75) is 39.5 Å². The highest BCUT2D eigenvalue weighted by Crippen LogP contribution is 2.48. The molecule has 1 atom stereocenters. The van der Waals surface area contributed by atoms with E-state index in [0.717, 1.165) is 23.6 Å². The quantitative estimate of drug-likeness (QED) is 0.296. The minimum absolute atomic E-state index is 0.663. The van der Waals surface area contributed by atoms with Gasteiger partial charge in [-0.15, -0.1) is 17.8 Å². The van der Waals surface area contributed by atoms with Crippen molar-refractivity contribution in [1.82, 2.24) is 0 Å². The molecule has 1 aliphatic rings. The summed E-state index contributed by atoms with van der Waals surface area (Å²) < 4.78 is 1.32. The summed E-state index contributed by atoms with van der Waals surface area (Å²) in [5.41, 5.74) is 5.42. The van der Waals surface area contributed by atoms with Crippen LogP contribution in [0, 0.1) is 18.3 Å². The monoisotopic (exact) mass is 432 g/mol. The second-order valence-corrected chi connectivity index (χ2v) is 10.1. The lowest BCUT2D eigenvalue weighted by Gasteiger charge is -2.12. The maximum Gasteiger partial charge on any atom is 0.0411 e. The van der Waals surface area contributed by atoms with Crippen molar-refractivity contribution < 1.29 is 0 Å². The van der Waals surface area contributed by atoms with E-state index < -0.39 is 0 Å². The third kappa shape index (κ3) is 3.50. The minimum Gasteiger partial charge on any atom is -0.135 e. The number of thiophene rings is 1. The van der Waals surface area contributed by atoms with Gasteiger partial charge in [0.2, 0.25) is 0 Å². The first kappa shape index (κ1) is 20.8. The summed E-state index contributed by atoms with van der Waals surface area (Å²) in [6, 6.07) is 19.3. The molecule has 5 rings (SSSR count). The second kappa shape index (κ2) is 8.45. The molecular weight excluding hydrogens is 404 g/mol. The molecule has 1 aromatic heterocycles. The molecule has 4 aromatic rings. The first-order valence-electron chi connectivity index (χ1n) is 11.5. The zero-order valence-electron chi connectivity index (χ0n) is 18.9. The topological polar surface area (TPSA) is 0 Å². The van der Waals surface area contributed by atoms with E-state index in [1.54, 1.807) is 0 Å². The van der Waals surface area contributed by atoms with E-state index in [9.17, 15) is 0 Å². The fourth-order valence-corrected chi connectivity index (χ4v) is 6.53. The Kier molecular flexibility index (Phi) is 5.50. The van der Waals surface area contributed by atoms with E-state index in [2.05, 4.69) is 87.0 Å². The van der Waals surface area contributed by atoms with E-state index in [1.165, 1.54) is 60.5 Å². The Morgan fingerprint density at radius 1 is 1.16 bits per heavy atom. The summed E-state index contributed by atoms with van der Waals surface area (Å²) in [5, 5.41) is 6.00. The molecule has 0 saturated carbocycles. The van der Waals surface area contributed by atoms with E-state index in [4.69, 9.17) is 6.42 Å². The largest absolute Gasteiger partial charge is 0.135 e. The fraction of sp³-hybridized carbons (Fsp3) is 0.226. The summed E-state index contributed by atoms with van der Waals surface area (Å²) in [7, 11) is 0. The van der Waals surface area contributed by atoms with Gasteiger partial charge in [-0.3, -0.25) is 0 Å². The molecule has 0 N–H and O–H groups in total. The van der Waals surface area contributed by atoms with Crippen LogP contribution in [0.15, 0.2) is 60.2 Å². The van der Waals surface area contributed by atoms with Crippen LogP contribution in [-0.2, 0) is 6.42 Å². The Morgan fingerprint density at radius 2 is 1.94 bits per heavy atom. The molecule has 0 radical (unpaired) electrons.